The number of fused-ring (bicyclic) bond motifs is 1. The molecular weight excluding hydrogens is 324 g/mol. The van der Waals surface area contributed by atoms with Crippen molar-refractivity contribution in [3.8, 4) is 0 Å². The highest BCUT2D eigenvalue weighted by molar-refractivity contribution is 5.78. The van der Waals surface area contributed by atoms with E-state index in [-0.39, 0.29) is 0 Å². The van der Waals surface area contributed by atoms with Gasteiger partial charge in [0.15, 0.2) is 0 Å². The van der Waals surface area contributed by atoms with Gasteiger partial charge in [-0.3, -0.25) is 9.69 Å². The second kappa shape index (κ2) is 7.39. The van der Waals surface area contributed by atoms with Gasteiger partial charge in [0.2, 0.25) is 5.91 Å². The average molecular weight is 354 g/mol. The number of rotatable bonds is 3. The van der Waals surface area contributed by atoms with Gasteiger partial charge in [0, 0.05) is 25.6 Å². The average Bonchev–Trinajstić information content (AvgIpc) is 3.05. The van der Waals surface area contributed by atoms with E-state index in [0.717, 1.165) is 62.3 Å². The minimum atomic E-state index is 0.303. The molecule has 140 valence electrons. The Kier molecular flexibility index (Phi) is 4.98. The minimum absolute atomic E-state index is 0.303. The second-order valence-corrected chi connectivity index (χ2v) is 8.30. The van der Waals surface area contributed by atoms with Gasteiger partial charge in [-0.2, -0.15) is 0 Å². The molecule has 0 aliphatic carbocycles. The maximum atomic E-state index is 12.7. The number of aryl methyl sites for hydroxylation is 1. The molecule has 0 bridgehead atoms. The fraction of sp³-hybridized carbons (Fsp3) is 0.619. The molecule has 0 radical (unpaired) electrons. The van der Waals surface area contributed by atoms with Crippen LogP contribution in [0.25, 0.3) is 11.0 Å². The number of nitrogens with zero attached hydrogens (tertiary/aromatic N) is 3. The summed E-state index contributed by atoms with van der Waals surface area (Å²) in [7, 11) is 0. The Labute approximate surface area is 155 Å². The van der Waals surface area contributed by atoms with Crippen molar-refractivity contribution in [3.05, 3.63) is 29.6 Å². The number of hydrogen-bond acceptors (Lipinski definition) is 3. The van der Waals surface area contributed by atoms with Gasteiger partial charge >= 0.3 is 0 Å². The molecule has 2 aromatic rings. The van der Waals surface area contributed by atoms with Crippen LogP contribution in [0.5, 0.6) is 0 Å². The molecular formula is C21H30N4O. The molecule has 4 rings (SSSR count). The van der Waals surface area contributed by atoms with Gasteiger partial charge in [-0.05, 0) is 62.8 Å². The Morgan fingerprint density at radius 1 is 1.23 bits per heavy atom. The number of aromatic amines is 1. The smallest absolute Gasteiger partial charge is 0.236 e. The van der Waals surface area contributed by atoms with Crippen LogP contribution in [0.15, 0.2) is 18.2 Å². The lowest BCUT2D eigenvalue weighted by molar-refractivity contribution is -0.134. The summed E-state index contributed by atoms with van der Waals surface area (Å²) in [5.41, 5.74) is 3.41. The summed E-state index contributed by atoms with van der Waals surface area (Å²) in [6, 6.07) is 6.36. The molecule has 0 saturated carbocycles. The number of likely N-dealkylation sites (tertiary alicyclic amines) is 2. The van der Waals surface area contributed by atoms with Gasteiger partial charge in [-0.25, -0.2) is 4.98 Å². The summed E-state index contributed by atoms with van der Waals surface area (Å²) in [4.78, 5) is 25.4. The quantitative estimate of drug-likeness (QED) is 0.920. The number of carbonyl (C=O) groups is 1. The highest BCUT2D eigenvalue weighted by Gasteiger charge is 2.27. The highest BCUT2D eigenvalue weighted by atomic mass is 16.2. The van der Waals surface area contributed by atoms with Crippen LogP contribution in [-0.4, -0.2) is 58.4 Å². The van der Waals surface area contributed by atoms with Crippen molar-refractivity contribution >= 4 is 16.9 Å². The molecule has 26 heavy (non-hydrogen) atoms. The fourth-order valence-electron chi connectivity index (χ4n) is 4.47. The molecule has 2 saturated heterocycles. The minimum Gasteiger partial charge on any atom is -0.342 e. The van der Waals surface area contributed by atoms with E-state index in [2.05, 4.69) is 46.8 Å². The molecule has 1 aromatic carbocycles. The zero-order valence-corrected chi connectivity index (χ0v) is 16.0. The summed E-state index contributed by atoms with van der Waals surface area (Å²) >= 11 is 0. The third kappa shape index (κ3) is 3.78. The first-order valence-electron chi connectivity index (χ1n) is 10.0. The number of piperidine rings is 2. The molecule has 2 fully saturated rings. The van der Waals surface area contributed by atoms with Crippen molar-refractivity contribution < 1.29 is 4.79 Å². The van der Waals surface area contributed by atoms with Crippen LogP contribution in [0, 0.1) is 12.8 Å². The lowest BCUT2D eigenvalue weighted by Gasteiger charge is -2.35. The Bertz CT molecular complexity index is 783. The molecule has 0 spiro atoms. The number of carbonyl (C=O) groups excluding carboxylic acids is 1. The van der Waals surface area contributed by atoms with Crippen LogP contribution < -0.4 is 0 Å². The lowest BCUT2D eigenvalue weighted by atomic mass is 9.97. The molecule has 1 amide bonds. The van der Waals surface area contributed by atoms with Crippen LogP contribution in [0.4, 0.5) is 0 Å². The summed E-state index contributed by atoms with van der Waals surface area (Å²) in [5.74, 6) is 2.41. The summed E-state index contributed by atoms with van der Waals surface area (Å²) in [6.07, 6.45) is 4.67. The van der Waals surface area contributed by atoms with Gasteiger partial charge in [0.25, 0.3) is 0 Å². The van der Waals surface area contributed by atoms with Gasteiger partial charge < -0.3 is 9.88 Å². The van der Waals surface area contributed by atoms with Crippen LogP contribution in [-0.2, 0) is 4.79 Å². The van der Waals surface area contributed by atoms with Crippen LogP contribution in [0.1, 0.15) is 49.9 Å². The molecule has 3 heterocycles. The molecule has 5 nitrogen and oxygen atoms in total. The molecule has 2 aliphatic rings. The Morgan fingerprint density at radius 3 is 2.92 bits per heavy atom. The van der Waals surface area contributed by atoms with Gasteiger partial charge in [0.05, 0.1) is 17.6 Å². The van der Waals surface area contributed by atoms with Crippen LogP contribution >= 0.6 is 0 Å². The maximum Gasteiger partial charge on any atom is 0.236 e. The van der Waals surface area contributed by atoms with Gasteiger partial charge in [-0.1, -0.05) is 13.0 Å². The van der Waals surface area contributed by atoms with E-state index in [4.69, 9.17) is 4.98 Å². The van der Waals surface area contributed by atoms with Crippen molar-refractivity contribution in [1.82, 2.24) is 19.8 Å². The fourth-order valence-corrected chi connectivity index (χ4v) is 4.47. The lowest BCUT2D eigenvalue weighted by Crippen LogP contribution is -2.46. The van der Waals surface area contributed by atoms with Crippen molar-refractivity contribution in [3.63, 3.8) is 0 Å². The predicted molar refractivity (Wildman–Crippen MR) is 104 cm³/mol. The van der Waals surface area contributed by atoms with Crippen LogP contribution in [0.3, 0.4) is 0 Å². The number of nitrogens with one attached hydrogen (secondary N) is 1. The first-order chi connectivity index (χ1) is 12.6. The van der Waals surface area contributed by atoms with E-state index in [1.165, 1.54) is 12.0 Å². The number of benzene rings is 1. The van der Waals surface area contributed by atoms with Crippen molar-refractivity contribution in [1.29, 1.82) is 0 Å². The summed E-state index contributed by atoms with van der Waals surface area (Å²) in [5, 5.41) is 0. The second-order valence-electron chi connectivity index (χ2n) is 8.30. The molecule has 2 unspecified atom stereocenters. The number of amides is 1. The first kappa shape index (κ1) is 17.5. The van der Waals surface area contributed by atoms with Crippen molar-refractivity contribution in [2.75, 3.05) is 32.7 Å². The SMILES string of the molecule is Cc1ccc2nc(C3CCCN(CC(=O)N4CCCC(C)C4)C3)[nH]c2c1. The molecule has 2 aliphatic heterocycles. The molecule has 2 atom stereocenters. The monoisotopic (exact) mass is 354 g/mol. The topological polar surface area (TPSA) is 52.2 Å². The van der Waals surface area contributed by atoms with E-state index >= 15 is 0 Å². The van der Waals surface area contributed by atoms with Crippen molar-refractivity contribution in [2.45, 2.75) is 45.4 Å². The Balaban J connectivity index is 1.41. The molecule has 1 aromatic heterocycles. The third-order valence-corrected chi connectivity index (χ3v) is 5.92. The van der Waals surface area contributed by atoms with Gasteiger partial charge in [-0.15, -0.1) is 0 Å². The molecule has 1 N–H and O–H groups in total. The summed E-state index contributed by atoms with van der Waals surface area (Å²) in [6.45, 7) is 8.72. The normalized spacial score (nSPS) is 24.9. The maximum absolute atomic E-state index is 12.7. The first-order valence-corrected chi connectivity index (χ1v) is 10.0. The molecule has 5 heteroatoms. The third-order valence-electron chi connectivity index (χ3n) is 5.92. The van der Waals surface area contributed by atoms with E-state index in [1.807, 2.05) is 0 Å². The van der Waals surface area contributed by atoms with Crippen LogP contribution in [0.2, 0.25) is 0 Å². The number of H-pyrrole nitrogens is 1. The highest BCUT2D eigenvalue weighted by Crippen LogP contribution is 2.27. The summed E-state index contributed by atoms with van der Waals surface area (Å²) < 4.78 is 0. The van der Waals surface area contributed by atoms with E-state index in [1.54, 1.807) is 0 Å². The predicted octanol–water partition coefficient (Wildman–Crippen LogP) is 3.31. The number of aromatic nitrogens is 2. The van der Waals surface area contributed by atoms with Crippen molar-refractivity contribution in [2.24, 2.45) is 5.92 Å². The Hall–Kier alpha value is -1.88. The number of hydrogen-bond donors (Lipinski definition) is 1. The standard InChI is InChI=1S/C21H30N4O/c1-15-7-8-18-19(11-15)23-21(22-18)17-6-4-9-24(13-17)14-20(26)25-10-3-5-16(2)12-25/h7-8,11,16-17H,3-6,9-10,12-14H2,1-2H3,(H,22,23). The number of imidazole rings is 1. The van der Waals surface area contributed by atoms with Gasteiger partial charge in [0.1, 0.15) is 5.82 Å². The zero-order valence-electron chi connectivity index (χ0n) is 16.0. The van der Waals surface area contributed by atoms with E-state index in [0.29, 0.717) is 24.3 Å². The zero-order chi connectivity index (χ0) is 18.1. The largest absolute Gasteiger partial charge is 0.342 e. The van der Waals surface area contributed by atoms with E-state index < -0.39 is 0 Å². The Morgan fingerprint density at radius 2 is 2.08 bits per heavy atom. The van der Waals surface area contributed by atoms with E-state index in [9.17, 15) is 4.79 Å².